The van der Waals surface area contributed by atoms with Crippen molar-refractivity contribution in [2.45, 2.75) is 6.42 Å². The van der Waals surface area contributed by atoms with Crippen LogP contribution in [0.4, 0.5) is 0 Å². The van der Waals surface area contributed by atoms with E-state index in [4.69, 9.17) is 10.5 Å². The quantitative estimate of drug-likeness (QED) is 0.557. The van der Waals surface area contributed by atoms with Crippen LogP contribution >= 0.6 is 0 Å². The minimum absolute atomic E-state index is 0.301. The van der Waals surface area contributed by atoms with E-state index in [1.165, 1.54) is 0 Å². The summed E-state index contributed by atoms with van der Waals surface area (Å²) in [7, 11) is 2.09. The second-order valence-corrected chi connectivity index (χ2v) is 2.49. The fourth-order valence-corrected chi connectivity index (χ4v) is 0.990. The Bertz CT molecular complexity index is 134. The maximum Gasteiger partial charge on any atom is 0.136 e. The fraction of sp³-hybridized carbons (Fsp3) is 0.714. The number of hydrogen-bond acceptors (Lipinski definition) is 3. The van der Waals surface area contributed by atoms with Gasteiger partial charge in [-0.3, -0.25) is 5.73 Å². The lowest BCUT2D eigenvalue weighted by atomic mass is 10.2. The van der Waals surface area contributed by atoms with Crippen LogP contribution in [0.2, 0.25) is 0 Å². The second-order valence-electron chi connectivity index (χ2n) is 2.49. The van der Waals surface area contributed by atoms with Crippen LogP contribution in [0, 0.1) is 0 Å². The summed E-state index contributed by atoms with van der Waals surface area (Å²) in [6.07, 6.45) is 3.07. The molecule has 58 valence electrons. The number of hydrogen-bond donors (Lipinski definition) is 1. The molecule has 0 aliphatic carbocycles. The first-order valence-electron chi connectivity index (χ1n) is 3.53. The third-order valence-corrected chi connectivity index (χ3v) is 1.64. The van der Waals surface area contributed by atoms with Gasteiger partial charge in [-0.05, 0) is 13.1 Å². The van der Waals surface area contributed by atoms with Gasteiger partial charge < -0.3 is 9.64 Å². The molecule has 0 bridgehead atoms. The summed E-state index contributed by atoms with van der Waals surface area (Å²) < 4.78 is 5.14. The van der Waals surface area contributed by atoms with E-state index in [0.717, 1.165) is 25.3 Å². The van der Waals surface area contributed by atoms with E-state index >= 15 is 0 Å². The minimum atomic E-state index is 0.301. The van der Waals surface area contributed by atoms with E-state index in [1.807, 2.05) is 0 Å². The Balaban J connectivity index is 2.33. The third kappa shape index (κ3) is 2.01. The first kappa shape index (κ1) is 7.57. The molecule has 0 aromatic rings. The summed E-state index contributed by atoms with van der Waals surface area (Å²) in [6, 6.07) is 0. The molecule has 3 nitrogen and oxygen atoms in total. The zero-order valence-corrected chi connectivity index (χ0v) is 6.34. The molecule has 0 spiro atoms. The van der Waals surface area contributed by atoms with E-state index in [2.05, 4.69) is 18.0 Å². The van der Waals surface area contributed by atoms with Crippen molar-refractivity contribution in [3.8, 4) is 0 Å². The van der Waals surface area contributed by atoms with Crippen molar-refractivity contribution in [2.75, 3.05) is 26.9 Å². The maximum atomic E-state index is 5.22. The standard InChI is InChI=1S/C7H14N2O/c1-9-4-2-7(3-5-9)10-6-8/h2H,3-6,8H2,1H3. The summed E-state index contributed by atoms with van der Waals surface area (Å²) in [6.45, 7) is 2.36. The van der Waals surface area contributed by atoms with Gasteiger partial charge >= 0.3 is 0 Å². The smallest absolute Gasteiger partial charge is 0.136 e. The molecule has 0 aromatic carbocycles. The van der Waals surface area contributed by atoms with Gasteiger partial charge in [0.15, 0.2) is 0 Å². The first-order valence-corrected chi connectivity index (χ1v) is 3.53. The molecule has 0 saturated carbocycles. The monoisotopic (exact) mass is 142 g/mol. The largest absolute Gasteiger partial charge is 0.483 e. The van der Waals surface area contributed by atoms with Crippen LogP contribution in [-0.4, -0.2) is 31.8 Å². The van der Waals surface area contributed by atoms with E-state index in [0.29, 0.717) is 6.73 Å². The Labute approximate surface area is 61.4 Å². The van der Waals surface area contributed by atoms with Gasteiger partial charge in [0.1, 0.15) is 6.73 Å². The van der Waals surface area contributed by atoms with Crippen LogP contribution in [0.5, 0.6) is 0 Å². The molecular weight excluding hydrogens is 128 g/mol. The van der Waals surface area contributed by atoms with Crippen LogP contribution in [0.25, 0.3) is 0 Å². The van der Waals surface area contributed by atoms with Crippen molar-refractivity contribution >= 4 is 0 Å². The molecule has 0 radical (unpaired) electrons. The van der Waals surface area contributed by atoms with Crippen molar-refractivity contribution in [3.63, 3.8) is 0 Å². The fourth-order valence-electron chi connectivity index (χ4n) is 0.990. The van der Waals surface area contributed by atoms with Gasteiger partial charge in [-0.15, -0.1) is 0 Å². The second kappa shape index (κ2) is 3.58. The molecule has 0 amide bonds. The lowest BCUT2D eigenvalue weighted by molar-refractivity contribution is 0.187. The van der Waals surface area contributed by atoms with Crippen molar-refractivity contribution in [3.05, 3.63) is 11.8 Å². The summed E-state index contributed by atoms with van der Waals surface area (Å²) in [5.74, 6) is 1.04. The van der Waals surface area contributed by atoms with E-state index in [9.17, 15) is 0 Å². The number of nitrogens with zero attached hydrogens (tertiary/aromatic N) is 1. The first-order chi connectivity index (χ1) is 4.83. The summed E-state index contributed by atoms with van der Waals surface area (Å²) in [5.41, 5.74) is 5.22. The molecule has 0 atom stereocenters. The third-order valence-electron chi connectivity index (χ3n) is 1.64. The van der Waals surface area contributed by atoms with Gasteiger partial charge in [-0.1, -0.05) is 0 Å². The summed E-state index contributed by atoms with van der Waals surface area (Å²) in [4.78, 5) is 2.24. The molecule has 1 heterocycles. The van der Waals surface area contributed by atoms with Gasteiger partial charge in [0.2, 0.25) is 0 Å². The van der Waals surface area contributed by atoms with Crippen molar-refractivity contribution < 1.29 is 4.74 Å². The minimum Gasteiger partial charge on any atom is -0.483 e. The lowest BCUT2D eigenvalue weighted by Gasteiger charge is -2.21. The molecule has 1 aliphatic heterocycles. The van der Waals surface area contributed by atoms with Crippen LogP contribution in [0.3, 0.4) is 0 Å². The van der Waals surface area contributed by atoms with Crippen molar-refractivity contribution in [1.29, 1.82) is 0 Å². The average Bonchev–Trinajstić information content (AvgIpc) is 1.95. The van der Waals surface area contributed by atoms with E-state index < -0.39 is 0 Å². The topological polar surface area (TPSA) is 38.5 Å². The van der Waals surface area contributed by atoms with Gasteiger partial charge in [0.05, 0.1) is 5.76 Å². The van der Waals surface area contributed by atoms with Gasteiger partial charge in [0, 0.05) is 19.5 Å². The predicted molar refractivity (Wildman–Crippen MR) is 40.3 cm³/mol. The maximum absolute atomic E-state index is 5.22. The van der Waals surface area contributed by atoms with E-state index in [-0.39, 0.29) is 0 Å². The van der Waals surface area contributed by atoms with Crippen LogP contribution < -0.4 is 5.73 Å². The molecule has 1 rings (SSSR count). The molecule has 1 aliphatic rings. The molecule has 10 heavy (non-hydrogen) atoms. The average molecular weight is 142 g/mol. The number of rotatable bonds is 2. The Morgan fingerprint density at radius 1 is 1.80 bits per heavy atom. The van der Waals surface area contributed by atoms with Gasteiger partial charge in [-0.2, -0.15) is 0 Å². The molecule has 0 aromatic heterocycles. The Hall–Kier alpha value is -0.540. The highest BCUT2D eigenvalue weighted by Crippen LogP contribution is 2.08. The highest BCUT2D eigenvalue weighted by molar-refractivity contribution is 4.99. The van der Waals surface area contributed by atoms with E-state index in [1.54, 1.807) is 0 Å². The Morgan fingerprint density at radius 2 is 2.60 bits per heavy atom. The number of nitrogens with two attached hydrogens (primary N) is 1. The summed E-state index contributed by atoms with van der Waals surface area (Å²) >= 11 is 0. The molecule has 0 unspecified atom stereocenters. The molecule has 3 heteroatoms. The molecular formula is C7H14N2O. The molecule has 0 saturated heterocycles. The number of ether oxygens (including phenoxy) is 1. The zero-order chi connectivity index (χ0) is 7.40. The summed E-state index contributed by atoms with van der Waals surface area (Å²) in [5, 5.41) is 0. The van der Waals surface area contributed by atoms with Gasteiger partial charge in [0.25, 0.3) is 0 Å². The van der Waals surface area contributed by atoms with Crippen LogP contribution in [0.15, 0.2) is 11.8 Å². The lowest BCUT2D eigenvalue weighted by Crippen LogP contribution is -2.25. The van der Waals surface area contributed by atoms with Crippen LogP contribution in [-0.2, 0) is 4.74 Å². The Morgan fingerprint density at radius 3 is 3.10 bits per heavy atom. The molecule has 2 N–H and O–H groups in total. The van der Waals surface area contributed by atoms with Crippen LogP contribution in [0.1, 0.15) is 6.42 Å². The predicted octanol–water partition coefficient (Wildman–Crippen LogP) is 0.139. The number of likely N-dealkylation sites (N-methyl/N-ethyl adjacent to an activating group) is 1. The highest BCUT2D eigenvalue weighted by atomic mass is 16.5. The van der Waals surface area contributed by atoms with Crippen molar-refractivity contribution in [1.82, 2.24) is 4.90 Å². The highest BCUT2D eigenvalue weighted by Gasteiger charge is 2.06. The normalized spacial score (nSPS) is 20.4. The van der Waals surface area contributed by atoms with Crippen molar-refractivity contribution in [2.24, 2.45) is 5.73 Å². The Kier molecular flexibility index (Phi) is 2.71. The zero-order valence-electron chi connectivity index (χ0n) is 6.34. The SMILES string of the molecule is CN1CC=C(OCN)CC1. The van der Waals surface area contributed by atoms with Gasteiger partial charge in [-0.25, -0.2) is 0 Å². The molecule has 0 fully saturated rings.